The predicted molar refractivity (Wildman–Crippen MR) is 38.3 cm³/mol. The van der Waals surface area contributed by atoms with Gasteiger partial charge in [0.1, 0.15) is 11.3 Å². The van der Waals surface area contributed by atoms with Gasteiger partial charge in [0.2, 0.25) is 0 Å². The van der Waals surface area contributed by atoms with Gasteiger partial charge in [0.05, 0.1) is 0 Å². The molecule has 0 saturated heterocycles. The summed E-state index contributed by atoms with van der Waals surface area (Å²) in [5, 5.41) is 3.42. The molecule has 0 bridgehead atoms. The Hall–Kier alpha value is -1.33. The third-order valence-corrected chi connectivity index (χ3v) is 1.76. The molecule has 0 radical (unpaired) electrons. The van der Waals surface area contributed by atoms with E-state index in [0.717, 1.165) is 4.68 Å². The number of carbonyl (C=O) groups excluding carboxylic acids is 1. The van der Waals surface area contributed by atoms with Gasteiger partial charge in [-0.05, 0) is 6.92 Å². The molecule has 1 aromatic rings. The number of hydrogen-bond donors (Lipinski definition) is 0. The molecule has 72 valence electrons. The van der Waals surface area contributed by atoms with Crippen LogP contribution in [0.5, 0.6) is 0 Å². The predicted octanol–water partition coefficient (Wildman–Crippen LogP) is 1.56. The summed E-state index contributed by atoms with van der Waals surface area (Å²) in [5.41, 5.74) is -1.58. The molecular weight excluding hydrogens is 185 g/mol. The van der Waals surface area contributed by atoms with Gasteiger partial charge in [0, 0.05) is 12.7 Å². The topological polar surface area (TPSA) is 34.9 Å². The molecule has 13 heavy (non-hydrogen) atoms. The first kappa shape index (κ1) is 9.76. The van der Waals surface area contributed by atoms with E-state index in [4.69, 9.17) is 0 Å². The maximum Gasteiger partial charge on any atom is 0.420 e. The zero-order chi connectivity index (χ0) is 10.2. The van der Waals surface area contributed by atoms with Gasteiger partial charge in [-0.3, -0.25) is 9.48 Å². The van der Waals surface area contributed by atoms with E-state index in [1.807, 2.05) is 0 Å². The van der Waals surface area contributed by atoms with Gasteiger partial charge in [-0.2, -0.15) is 18.3 Å². The van der Waals surface area contributed by atoms with E-state index < -0.39 is 17.4 Å². The number of aldehydes is 1. The van der Waals surface area contributed by atoms with Gasteiger partial charge in [-0.25, -0.2) is 0 Å². The van der Waals surface area contributed by atoms with Crippen LogP contribution in [-0.4, -0.2) is 16.1 Å². The summed E-state index contributed by atoms with van der Waals surface area (Å²) >= 11 is 0. The molecule has 3 nitrogen and oxygen atoms in total. The van der Waals surface area contributed by atoms with Crippen LogP contribution in [0.3, 0.4) is 0 Å². The fourth-order valence-corrected chi connectivity index (χ4v) is 1.07. The molecule has 0 atom stereocenters. The number of aryl methyl sites for hydroxylation is 1. The maximum atomic E-state index is 12.3. The van der Waals surface area contributed by atoms with Gasteiger partial charge in [-0.1, -0.05) is 0 Å². The molecule has 0 amide bonds. The molecule has 1 rings (SSSR count). The van der Waals surface area contributed by atoms with Crippen LogP contribution in [0.2, 0.25) is 0 Å². The number of alkyl halides is 3. The van der Waals surface area contributed by atoms with Crippen LogP contribution in [0.15, 0.2) is 0 Å². The van der Waals surface area contributed by atoms with Crippen molar-refractivity contribution in [2.45, 2.75) is 13.1 Å². The molecule has 0 unspecified atom stereocenters. The molecule has 1 heterocycles. The lowest BCUT2D eigenvalue weighted by atomic mass is 10.2. The number of rotatable bonds is 1. The van der Waals surface area contributed by atoms with Gasteiger partial charge >= 0.3 is 6.18 Å². The highest BCUT2D eigenvalue weighted by molar-refractivity contribution is 5.75. The summed E-state index contributed by atoms with van der Waals surface area (Å²) in [4.78, 5) is 10.3. The van der Waals surface area contributed by atoms with Crippen LogP contribution in [-0.2, 0) is 13.2 Å². The minimum atomic E-state index is -4.52. The van der Waals surface area contributed by atoms with Crippen molar-refractivity contribution >= 4 is 6.29 Å². The quantitative estimate of drug-likeness (QED) is 0.633. The Morgan fingerprint density at radius 1 is 1.46 bits per heavy atom. The van der Waals surface area contributed by atoms with E-state index in [1.165, 1.54) is 14.0 Å². The van der Waals surface area contributed by atoms with Crippen molar-refractivity contribution in [2.24, 2.45) is 7.05 Å². The van der Waals surface area contributed by atoms with Crippen molar-refractivity contribution in [3.8, 4) is 0 Å². The highest BCUT2D eigenvalue weighted by atomic mass is 19.4. The number of halogens is 3. The molecule has 0 N–H and O–H groups in total. The van der Waals surface area contributed by atoms with E-state index >= 15 is 0 Å². The second kappa shape index (κ2) is 2.86. The molecule has 1 aromatic heterocycles. The van der Waals surface area contributed by atoms with Crippen LogP contribution >= 0.6 is 0 Å². The maximum absolute atomic E-state index is 12.3. The first-order chi connectivity index (χ1) is 5.88. The molecule has 0 saturated carbocycles. The smallest absolute Gasteiger partial charge is 0.296 e. The summed E-state index contributed by atoms with van der Waals surface area (Å²) in [6.45, 7) is 1.27. The Labute approximate surface area is 72.2 Å². The van der Waals surface area contributed by atoms with Gasteiger partial charge in [-0.15, -0.1) is 0 Å². The minimum absolute atomic E-state index is 0.0606. The Bertz CT molecular complexity index is 340. The van der Waals surface area contributed by atoms with Crippen molar-refractivity contribution in [3.63, 3.8) is 0 Å². The molecular formula is C7H7F3N2O. The summed E-state index contributed by atoms with van der Waals surface area (Å²) in [6, 6.07) is 0. The fourth-order valence-electron chi connectivity index (χ4n) is 1.07. The Balaban J connectivity index is 3.41. The largest absolute Gasteiger partial charge is 0.420 e. The van der Waals surface area contributed by atoms with Crippen LogP contribution < -0.4 is 0 Å². The van der Waals surface area contributed by atoms with Crippen molar-refractivity contribution in [1.82, 2.24) is 9.78 Å². The number of aromatic nitrogens is 2. The van der Waals surface area contributed by atoms with E-state index in [0.29, 0.717) is 0 Å². The Morgan fingerprint density at radius 2 is 2.00 bits per heavy atom. The highest BCUT2D eigenvalue weighted by Gasteiger charge is 2.38. The third kappa shape index (κ3) is 1.56. The fraction of sp³-hybridized carbons (Fsp3) is 0.429. The minimum Gasteiger partial charge on any atom is -0.296 e. The first-order valence-electron chi connectivity index (χ1n) is 3.44. The molecule has 0 spiro atoms. The lowest BCUT2D eigenvalue weighted by Crippen LogP contribution is -2.09. The summed E-state index contributed by atoms with van der Waals surface area (Å²) in [6.07, 6.45) is -4.41. The third-order valence-electron chi connectivity index (χ3n) is 1.76. The lowest BCUT2D eigenvalue weighted by molar-refractivity contribution is -0.138. The number of hydrogen-bond acceptors (Lipinski definition) is 2. The summed E-state index contributed by atoms with van der Waals surface area (Å²) in [5.74, 6) is 0. The van der Waals surface area contributed by atoms with Crippen molar-refractivity contribution in [2.75, 3.05) is 0 Å². The average Bonchev–Trinajstić information content (AvgIpc) is 2.26. The molecule has 0 aliphatic carbocycles. The van der Waals surface area contributed by atoms with Gasteiger partial charge in [0.25, 0.3) is 0 Å². The van der Waals surface area contributed by atoms with Gasteiger partial charge < -0.3 is 0 Å². The standard InChI is InChI=1S/C7H7F3N2O/c1-4-6(7(8,9)10)5(3-13)11-12(4)2/h3H,1-2H3. The Kier molecular flexibility index (Phi) is 2.15. The zero-order valence-electron chi connectivity index (χ0n) is 7.01. The average molecular weight is 192 g/mol. The molecule has 0 aliphatic rings. The monoisotopic (exact) mass is 192 g/mol. The van der Waals surface area contributed by atoms with Crippen molar-refractivity contribution in [1.29, 1.82) is 0 Å². The lowest BCUT2D eigenvalue weighted by Gasteiger charge is -2.05. The number of carbonyl (C=O) groups is 1. The van der Waals surface area contributed by atoms with Crippen LogP contribution in [0.1, 0.15) is 21.7 Å². The first-order valence-corrected chi connectivity index (χ1v) is 3.44. The second-order valence-corrected chi connectivity index (χ2v) is 2.58. The summed E-state index contributed by atoms with van der Waals surface area (Å²) in [7, 11) is 1.36. The van der Waals surface area contributed by atoms with E-state index in [-0.39, 0.29) is 12.0 Å². The molecule has 0 aliphatic heterocycles. The molecule has 0 fully saturated rings. The van der Waals surface area contributed by atoms with Crippen molar-refractivity contribution in [3.05, 3.63) is 17.0 Å². The van der Waals surface area contributed by atoms with E-state index in [1.54, 1.807) is 0 Å². The van der Waals surface area contributed by atoms with Crippen LogP contribution in [0.25, 0.3) is 0 Å². The molecule has 6 heteroatoms. The summed E-state index contributed by atoms with van der Waals surface area (Å²) < 4.78 is 37.9. The SMILES string of the molecule is Cc1c(C(F)(F)F)c(C=O)nn1C. The zero-order valence-corrected chi connectivity index (χ0v) is 7.01. The van der Waals surface area contributed by atoms with Crippen LogP contribution in [0.4, 0.5) is 13.2 Å². The van der Waals surface area contributed by atoms with Crippen molar-refractivity contribution < 1.29 is 18.0 Å². The Morgan fingerprint density at radius 3 is 2.31 bits per heavy atom. The normalized spacial score (nSPS) is 11.8. The molecule has 0 aromatic carbocycles. The number of nitrogens with zero attached hydrogens (tertiary/aromatic N) is 2. The second-order valence-electron chi connectivity index (χ2n) is 2.58. The van der Waals surface area contributed by atoms with E-state index in [2.05, 4.69) is 5.10 Å². The van der Waals surface area contributed by atoms with E-state index in [9.17, 15) is 18.0 Å². The van der Waals surface area contributed by atoms with Crippen LogP contribution in [0, 0.1) is 6.92 Å². The highest BCUT2D eigenvalue weighted by Crippen LogP contribution is 2.33. The van der Waals surface area contributed by atoms with Gasteiger partial charge in [0.15, 0.2) is 6.29 Å².